The first kappa shape index (κ1) is 22.7. The molecular weight excluding hydrogens is 382 g/mol. The summed E-state index contributed by atoms with van der Waals surface area (Å²) in [6.45, 7) is 12.8. The van der Waals surface area contributed by atoms with Crippen molar-refractivity contribution in [3.8, 4) is 16.9 Å². The van der Waals surface area contributed by atoms with Gasteiger partial charge in [0.15, 0.2) is 5.69 Å². The van der Waals surface area contributed by atoms with Gasteiger partial charge in [-0.2, -0.15) is 0 Å². The van der Waals surface area contributed by atoms with E-state index in [9.17, 15) is 9.59 Å². The van der Waals surface area contributed by atoms with Crippen molar-refractivity contribution in [2.75, 3.05) is 13.2 Å². The van der Waals surface area contributed by atoms with E-state index in [1.54, 1.807) is 31.2 Å². The summed E-state index contributed by atoms with van der Waals surface area (Å²) in [6, 6.07) is 14.4. The highest BCUT2D eigenvalue weighted by Crippen LogP contribution is 2.25. The number of unbranched alkanes of at least 4 members (excludes halogenated alkanes) is 3. The van der Waals surface area contributed by atoms with E-state index in [1.165, 1.54) is 0 Å². The van der Waals surface area contributed by atoms with Gasteiger partial charge in [0.25, 0.3) is 0 Å². The Morgan fingerprint density at radius 1 is 0.867 bits per heavy atom. The highest BCUT2D eigenvalue weighted by Gasteiger charge is 2.07. The molecule has 0 fully saturated rings. The van der Waals surface area contributed by atoms with Crippen molar-refractivity contribution in [1.29, 1.82) is 0 Å². The van der Waals surface area contributed by atoms with E-state index < -0.39 is 6.16 Å². The number of nitrogens with zero attached hydrogens (tertiary/aromatic N) is 1. The molecule has 0 aliphatic rings. The molecule has 6 nitrogen and oxygen atoms in total. The van der Waals surface area contributed by atoms with Gasteiger partial charge < -0.3 is 14.2 Å². The molecule has 156 valence electrons. The zero-order valence-corrected chi connectivity index (χ0v) is 17.1. The largest absolute Gasteiger partial charge is 0.513 e. The van der Waals surface area contributed by atoms with Gasteiger partial charge in [-0.3, -0.25) is 0 Å². The lowest BCUT2D eigenvalue weighted by molar-refractivity contribution is -0.139. The molecule has 2 aromatic carbocycles. The van der Waals surface area contributed by atoms with Gasteiger partial charge in [0.1, 0.15) is 5.75 Å². The van der Waals surface area contributed by atoms with Crippen LogP contribution in [0.15, 0.2) is 60.7 Å². The first-order valence-electron chi connectivity index (χ1n) is 9.75. The molecule has 0 saturated carbocycles. The Morgan fingerprint density at radius 3 is 1.93 bits per heavy atom. The number of carbonyl (C=O) groups is 2. The summed E-state index contributed by atoms with van der Waals surface area (Å²) in [4.78, 5) is 26.4. The third-order valence-corrected chi connectivity index (χ3v) is 4.23. The Hall–Kier alpha value is -3.59. The summed E-state index contributed by atoms with van der Waals surface area (Å²) >= 11 is 0. The molecule has 0 saturated heterocycles. The van der Waals surface area contributed by atoms with Crippen LogP contribution in [0.1, 0.15) is 32.6 Å². The maximum Gasteiger partial charge on any atom is 0.513 e. The molecule has 0 aromatic heterocycles. The smallest absolute Gasteiger partial charge is 0.462 e. The summed E-state index contributed by atoms with van der Waals surface area (Å²) in [6.07, 6.45) is 2.47. The van der Waals surface area contributed by atoms with Gasteiger partial charge in [0, 0.05) is 5.57 Å². The first-order chi connectivity index (χ1) is 14.5. The number of hydrogen-bond acceptors (Lipinski definition) is 5. The van der Waals surface area contributed by atoms with Crippen LogP contribution < -0.4 is 4.74 Å². The fraction of sp³-hybridized carbons (Fsp3) is 0.292. The summed E-state index contributed by atoms with van der Waals surface area (Å²) in [5, 5.41) is 0. The van der Waals surface area contributed by atoms with Crippen molar-refractivity contribution in [3.05, 3.63) is 72.1 Å². The van der Waals surface area contributed by atoms with Gasteiger partial charge in [-0.15, -0.1) is 0 Å². The van der Waals surface area contributed by atoms with E-state index in [0.717, 1.165) is 30.4 Å². The van der Waals surface area contributed by atoms with E-state index in [1.807, 2.05) is 24.3 Å². The number of hydrogen-bond donors (Lipinski definition) is 0. The van der Waals surface area contributed by atoms with E-state index in [2.05, 4.69) is 11.4 Å². The van der Waals surface area contributed by atoms with Gasteiger partial charge in [-0.1, -0.05) is 43.0 Å². The van der Waals surface area contributed by atoms with E-state index >= 15 is 0 Å². The average molecular weight is 407 g/mol. The van der Waals surface area contributed by atoms with E-state index in [0.29, 0.717) is 30.0 Å². The standard InChI is InChI=1S/C24H25NO5/c1-18(2)23(26)28-16-6-4-5-7-17-29-24(27)30-22-14-10-20(11-15-22)19-8-12-21(25-3)13-9-19/h8-15H,1,4-7,16-17H2,2H3. The van der Waals surface area contributed by atoms with Crippen LogP contribution in [0.2, 0.25) is 0 Å². The molecule has 2 rings (SSSR count). The molecule has 2 aromatic rings. The molecule has 0 heterocycles. The monoisotopic (exact) mass is 407 g/mol. The Kier molecular flexibility index (Phi) is 9.14. The Morgan fingerprint density at radius 2 is 1.40 bits per heavy atom. The van der Waals surface area contributed by atoms with Crippen LogP contribution >= 0.6 is 0 Å². The summed E-state index contributed by atoms with van der Waals surface area (Å²) < 4.78 is 15.3. The molecule has 0 bridgehead atoms. The minimum atomic E-state index is -0.737. The number of ether oxygens (including phenoxy) is 3. The molecule has 0 spiro atoms. The van der Waals surface area contributed by atoms with Crippen LogP contribution in [0.25, 0.3) is 16.0 Å². The van der Waals surface area contributed by atoms with Gasteiger partial charge in [-0.05, 0) is 55.9 Å². The van der Waals surface area contributed by atoms with Crippen molar-refractivity contribution < 1.29 is 23.8 Å². The van der Waals surface area contributed by atoms with Gasteiger partial charge in [-0.25, -0.2) is 14.4 Å². The lowest BCUT2D eigenvalue weighted by Gasteiger charge is -2.07. The normalized spacial score (nSPS) is 10.0. The minimum Gasteiger partial charge on any atom is -0.462 e. The van der Waals surface area contributed by atoms with Crippen molar-refractivity contribution in [2.24, 2.45) is 0 Å². The van der Waals surface area contributed by atoms with Gasteiger partial charge in [0.2, 0.25) is 0 Å². The predicted octanol–water partition coefficient (Wildman–Crippen LogP) is 6.10. The quantitative estimate of drug-likeness (QED) is 0.157. The molecule has 30 heavy (non-hydrogen) atoms. The van der Waals surface area contributed by atoms with Gasteiger partial charge in [0.05, 0.1) is 19.8 Å². The van der Waals surface area contributed by atoms with Crippen LogP contribution in [-0.4, -0.2) is 25.3 Å². The molecular formula is C24H25NO5. The number of carbonyl (C=O) groups excluding carboxylic acids is 2. The van der Waals surface area contributed by atoms with Gasteiger partial charge >= 0.3 is 12.1 Å². The topological polar surface area (TPSA) is 66.2 Å². The Labute approximate surface area is 176 Å². The lowest BCUT2D eigenvalue weighted by Crippen LogP contribution is -2.11. The van der Waals surface area contributed by atoms with Crippen LogP contribution in [0, 0.1) is 6.57 Å². The molecule has 0 radical (unpaired) electrons. The molecule has 0 N–H and O–H groups in total. The van der Waals surface area contributed by atoms with Crippen molar-refractivity contribution in [1.82, 2.24) is 0 Å². The van der Waals surface area contributed by atoms with Crippen molar-refractivity contribution >= 4 is 17.8 Å². The first-order valence-corrected chi connectivity index (χ1v) is 9.75. The van der Waals surface area contributed by atoms with E-state index in [-0.39, 0.29) is 12.6 Å². The van der Waals surface area contributed by atoms with Crippen LogP contribution in [0.4, 0.5) is 10.5 Å². The molecule has 0 atom stereocenters. The fourth-order valence-corrected chi connectivity index (χ4v) is 2.57. The number of rotatable bonds is 10. The summed E-state index contributed by atoms with van der Waals surface area (Å²) in [5.41, 5.74) is 2.92. The summed E-state index contributed by atoms with van der Waals surface area (Å²) in [5.74, 6) is 0.0352. The Bertz CT molecular complexity index is 895. The second-order valence-corrected chi connectivity index (χ2v) is 6.71. The highest BCUT2D eigenvalue weighted by molar-refractivity contribution is 5.86. The van der Waals surface area contributed by atoms with Crippen molar-refractivity contribution in [2.45, 2.75) is 32.6 Å². The fourth-order valence-electron chi connectivity index (χ4n) is 2.57. The molecule has 0 amide bonds. The predicted molar refractivity (Wildman–Crippen MR) is 114 cm³/mol. The maximum absolute atomic E-state index is 11.8. The zero-order valence-electron chi connectivity index (χ0n) is 17.1. The second kappa shape index (κ2) is 12.1. The number of esters is 1. The zero-order chi connectivity index (χ0) is 21.8. The average Bonchev–Trinajstić information content (AvgIpc) is 2.76. The minimum absolute atomic E-state index is 0.274. The van der Waals surface area contributed by atoms with Crippen LogP contribution in [0.5, 0.6) is 5.75 Å². The Balaban J connectivity index is 1.62. The second-order valence-electron chi connectivity index (χ2n) is 6.71. The molecule has 0 unspecified atom stereocenters. The van der Waals surface area contributed by atoms with Crippen molar-refractivity contribution in [3.63, 3.8) is 0 Å². The third-order valence-electron chi connectivity index (χ3n) is 4.23. The molecule has 0 aliphatic carbocycles. The van der Waals surface area contributed by atoms with Crippen LogP contribution in [0.3, 0.4) is 0 Å². The molecule has 6 heteroatoms. The SMILES string of the molecule is [C-]#[N+]c1ccc(-c2ccc(OC(=O)OCCCCCCOC(=O)C(=C)C)cc2)cc1. The highest BCUT2D eigenvalue weighted by atomic mass is 16.7. The maximum atomic E-state index is 11.8. The van der Waals surface area contributed by atoms with E-state index in [4.69, 9.17) is 20.8 Å². The number of benzene rings is 2. The third kappa shape index (κ3) is 7.80. The lowest BCUT2D eigenvalue weighted by atomic mass is 10.1. The molecule has 0 aliphatic heterocycles. The van der Waals surface area contributed by atoms with Crippen LogP contribution in [-0.2, 0) is 14.3 Å². The summed E-state index contributed by atoms with van der Waals surface area (Å²) in [7, 11) is 0.